The zero-order chi connectivity index (χ0) is 22.3. The Morgan fingerprint density at radius 3 is 1.39 bits per heavy atom. The van der Waals surface area contributed by atoms with Gasteiger partial charge >= 0.3 is 0 Å². The van der Waals surface area contributed by atoms with E-state index < -0.39 is 0 Å². The molecule has 0 saturated heterocycles. The summed E-state index contributed by atoms with van der Waals surface area (Å²) in [6.45, 7) is 0. The van der Waals surface area contributed by atoms with Crippen molar-refractivity contribution < 1.29 is 19.2 Å². The quantitative estimate of drug-likeness (QED) is 0.467. The highest BCUT2D eigenvalue weighted by Crippen LogP contribution is 2.37. The van der Waals surface area contributed by atoms with Crippen molar-refractivity contribution in [3.05, 3.63) is 0 Å². The number of carbonyl (C=O) groups excluding carboxylic acids is 4. The van der Waals surface area contributed by atoms with Gasteiger partial charge in [-0.2, -0.15) is 0 Å². The minimum Gasteiger partial charge on any atom is -0.211 e. The average molecular weight is 429 g/mol. The molecule has 0 heterocycles. The van der Waals surface area contributed by atoms with Crippen LogP contribution in [-0.2, 0) is 19.2 Å². The molecule has 3 aliphatic rings. The monoisotopic (exact) mass is 428 g/mol. The van der Waals surface area contributed by atoms with E-state index in [4.69, 9.17) is 0 Å². The van der Waals surface area contributed by atoms with Crippen LogP contribution in [0.5, 0.6) is 0 Å². The van der Waals surface area contributed by atoms with Crippen LogP contribution in [0.4, 0.5) is 0 Å². The molecule has 8 heteroatoms. The van der Waals surface area contributed by atoms with Gasteiger partial charge in [-0.1, -0.05) is 12.8 Å². The molecule has 3 saturated carbocycles. The van der Waals surface area contributed by atoms with Crippen LogP contribution in [0.15, 0.2) is 20.0 Å². The van der Waals surface area contributed by atoms with Gasteiger partial charge in [0.15, 0.2) is 0 Å². The minimum atomic E-state index is 0.0978. The molecule has 31 heavy (non-hydrogen) atoms. The third kappa shape index (κ3) is 9.04. The first-order valence-corrected chi connectivity index (χ1v) is 11.5. The SMILES string of the molecule is O=C=NC1CCC(CC2CCCCC2N=C=O)CC1.O=C=NC1CCC(N=C=O)CC1. The van der Waals surface area contributed by atoms with E-state index in [1.54, 1.807) is 24.3 Å². The summed E-state index contributed by atoms with van der Waals surface area (Å²) in [6.07, 6.45) is 20.0. The molecular formula is C23H32N4O4. The molecule has 0 aromatic carbocycles. The lowest BCUT2D eigenvalue weighted by Gasteiger charge is -2.33. The zero-order valence-electron chi connectivity index (χ0n) is 18.1. The molecule has 0 aromatic heterocycles. The van der Waals surface area contributed by atoms with Crippen LogP contribution in [0.3, 0.4) is 0 Å². The summed E-state index contributed by atoms with van der Waals surface area (Å²) in [5.41, 5.74) is 0. The number of hydrogen-bond donors (Lipinski definition) is 0. The van der Waals surface area contributed by atoms with Crippen LogP contribution in [0, 0.1) is 11.8 Å². The third-order valence-corrected chi connectivity index (χ3v) is 6.91. The standard InChI is InChI=1S/C15H22N2O2.C8H10N2O2/c18-10-16-14-7-5-12(6-8-14)9-13-3-1-2-4-15(13)17-11-19;11-5-9-7-1-2-8(4-3-7)10-6-12/h12-15H,1-9H2;7-8H,1-4H2. The van der Waals surface area contributed by atoms with Crippen molar-refractivity contribution in [2.75, 3.05) is 0 Å². The van der Waals surface area contributed by atoms with Crippen molar-refractivity contribution in [1.29, 1.82) is 0 Å². The topological polar surface area (TPSA) is 118 Å². The highest BCUT2D eigenvalue weighted by atomic mass is 16.1. The van der Waals surface area contributed by atoms with Crippen molar-refractivity contribution in [3.63, 3.8) is 0 Å². The van der Waals surface area contributed by atoms with Gasteiger partial charge in [-0.15, -0.1) is 0 Å². The van der Waals surface area contributed by atoms with Crippen molar-refractivity contribution in [3.8, 4) is 0 Å². The van der Waals surface area contributed by atoms with Crippen molar-refractivity contribution in [2.24, 2.45) is 31.8 Å². The maximum absolute atomic E-state index is 10.5. The zero-order valence-corrected chi connectivity index (χ0v) is 18.1. The predicted molar refractivity (Wildman–Crippen MR) is 115 cm³/mol. The van der Waals surface area contributed by atoms with Crippen LogP contribution < -0.4 is 0 Å². The molecule has 0 spiro atoms. The molecule has 8 nitrogen and oxygen atoms in total. The van der Waals surface area contributed by atoms with Crippen LogP contribution in [0.2, 0.25) is 0 Å². The Hall–Kier alpha value is -2.48. The van der Waals surface area contributed by atoms with E-state index in [0.29, 0.717) is 11.8 Å². The molecule has 0 amide bonds. The molecule has 3 rings (SSSR count). The van der Waals surface area contributed by atoms with Crippen LogP contribution in [-0.4, -0.2) is 48.5 Å². The summed E-state index contributed by atoms with van der Waals surface area (Å²) in [7, 11) is 0. The molecule has 0 bridgehead atoms. The molecule has 168 valence electrons. The number of rotatable bonds is 6. The summed E-state index contributed by atoms with van der Waals surface area (Å²) in [5, 5.41) is 0. The van der Waals surface area contributed by atoms with Crippen molar-refractivity contribution >= 4 is 24.3 Å². The fourth-order valence-electron chi connectivity index (χ4n) is 5.18. The van der Waals surface area contributed by atoms with Gasteiger partial charge < -0.3 is 0 Å². The number of nitrogens with zero attached hydrogens (tertiary/aromatic N) is 4. The number of isocyanates is 4. The molecular weight excluding hydrogens is 396 g/mol. The smallest absolute Gasteiger partial charge is 0.211 e. The second-order valence-electron chi connectivity index (χ2n) is 8.87. The van der Waals surface area contributed by atoms with Gasteiger partial charge in [-0.25, -0.2) is 39.1 Å². The van der Waals surface area contributed by atoms with Crippen molar-refractivity contribution in [2.45, 2.75) is 108 Å². The maximum atomic E-state index is 10.5. The Morgan fingerprint density at radius 2 is 0.935 bits per heavy atom. The molecule has 2 unspecified atom stereocenters. The first-order chi connectivity index (χ1) is 15.2. The van der Waals surface area contributed by atoms with Gasteiger partial charge in [0.2, 0.25) is 24.3 Å². The van der Waals surface area contributed by atoms with Gasteiger partial charge in [0.1, 0.15) is 0 Å². The summed E-state index contributed by atoms with van der Waals surface area (Å²) in [4.78, 5) is 55.6. The van der Waals surface area contributed by atoms with Gasteiger partial charge in [-0.05, 0) is 82.5 Å². The summed E-state index contributed by atoms with van der Waals surface area (Å²) in [5.74, 6) is 1.27. The van der Waals surface area contributed by atoms with E-state index in [-0.39, 0.29) is 24.2 Å². The molecule has 0 radical (unpaired) electrons. The lowest BCUT2D eigenvalue weighted by Crippen LogP contribution is -2.27. The van der Waals surface area contributed by atoms with Gasteiger partial charge in [0.25, 0.3) is 0 Å². The van der Waals surface area contributed by atoms with E-state index >= 15 is 0 Å². The van der Waals surface area contributed by atoms with E-state index in [0.717, 1.165) is 57.8 Å². The fourth-order valence-corrected chi connectivity index (χ4v) is 5.18. The van der Waals surface area contributed by atoms with E-state index in [2.05, 4.69) is 20.0 Å². The van der Waals surface area contributed by atoms with E-state index in [1.807, 2.05) is 0 Å². The second-order valence-corrected chi connectivity index (χ2v) is 8.87. The molecule has 0 aromatic rings. The highest BCUT2D eigenvalue weighted by molar-refractivity contribution is 5.35. The molecule has 2 atom stereocenters. The van der Waals surface area contributed by atoms with Crippen molar-refractivity contribution in [1.82, 2.24) is 0 Å². The van der Waals surface area contributed by atoms with E-state index in [1.165, 1.54) is 25.7 Å². The Kier molecular flexibility index (Phi) is 11.6. The Balaban J connectivity index is 0.000000245. The van der Waals surface area contributed by atoms with Crippen LogP contribution in [0.25, 0.3) is 0 Å². The molecule has 3 aliphatic carbocycles. The normalized spacial score (nSPS) is 32.4. The lowest BCUT2D eigenvalue weighted by atomic mass is 9.75. The van der Waals surface area contributed by atoms with Gasteiger partial charge in [0.05, 0.1) is 24.2 Å². The Labute approximate surface area is 183 Å². The first kappa shape index (κ1) is 24.8. The first-order valence-electron chi connectivity index (χ1n) is 11.5. The summed E-state index contributed by atoms with van der Waals surface area (Å²) in [6, 6.07) is 0.599. The van der Waals surface area contributed by atoms with Crippen LogP contribution >= 0.6 is 0 Å². The van der Waals surface area contributed by atoms with Crippen LogP contribution in [0.1, 0.15) is 83.5 Å². The molecule has 3 fully saturated rings. The Morgan fingerprint density at radius 1 is 0.516 bits per heavy atom. The molecule has 0 N–H and O–H groups in total. The lowest BCUT2D eigenvalue weighted by molar-refractivity contribution is 0.214. The number of aliphatic imine (C=N–C) groups is 4. The van der Waals surface area contributed by atoms with Gasteiger partial charge in [0, 0.05) is 0 Å². The largest absolute Gasteiger partial charge is 0.235 e. The maximum Gasteiger partial charge on any atom is 0.235 e. The molecule has 0 aliphatic heterocycles. The fraction of sp³-hybridized carbons (Fsp3) is 0.826. The predicted octanol–water partition coefficient (Wildman–Crippen LogP) is 4.13. The third-order valence-electron chi connectivity index (χ3n) is 6.91. The Bertz CT molecular complexity index is 705. The second kappa shape index (κ2) is 14.5. The highest BCUT2D eigenvalue weighted by Gasteiger charge is 2.29. The number of hydrogen-bond acceptors (Lipinski definition) is 8. The van der Waals surface area contributed by atoms with Gasteiger partial charge in [-0.3, -0.25) is 0 Å². The average Bonchev–Trinajstić information content (AvgIpc) is 2.79. The van der Waals surface area contributed by atoms with E-state index in [9.17, 15) is 19.2 Å². The summed E-state index contributed by atoms with van der Waals surface area (Å²) < 4.78 is 0. The minimum absolute atomic E-state index is 0.0978. The summed E-state index contributed by atoms with van der Waals surface area (Å²) >= 11 is 0.